The Kier molecular flexibility index (Phi) is 2.55. The van der Waals surface area contributed by atoms with Crippen molar-refractivity contribution in [2.75, 3.05) is 0 Å². The molecule has 1 aliphatic carbocycles. The van der Waals surface area contributed by atoms with Crippen molar-refractivity contribution < 1.29 is 9.18 Å². The zero-order valence-corrected chi connectivity index (χ0v) is 8.06. The summed E-state index contributed by atoms with van der Waals surface area (Å²) in [6.45, 7) is 6.34. The predicted octanol–water partition coefficient (Wildman–Crippen LogP) is 2.74. The Morgan fingerprint density at radius 3 is 2.33 bits per heavy atom. The second kappa shape index (κ2) is 3.15. The van der Waals surface area contributed by atoms with Crippen LogP contribution in [0.3, 0.4) is 0 Å². The fourth-order valence-electron chi connectivity index (χ4n) is 1.72. The lowest BCUT2D eigenvalue weighted by Gasteiger charge is -2.34. The van der Waals surface area contributed by atoms with E-state index in [1.165, 1.54) is 0 Å². The number of alkyl halides is 1. The molecule has 0 aromatic heterocycles. The van der Waals surface area contributed by atoms with E-state index in [4.69, 9.17) is 0 Å². The Morgan fingerprint density at radius 1 is 1.33 bits per heavy atom. The number of hydrogen-bond donors (Lipinski definition) is 0. The minimum atomic E-state index is -1.18. The molecule has 2 atom stereocenters. The largest absolute Gasteiger partial charge is 0.296 e. The van der Waals surface area contributed by atoms with Gasteiger partial charge in [0.15, 0.2) is 12.0 Å². The fourth-order valence-corrected chi connectivity index (χ4v) is 1.72. The monoisotopic (exact) mass is 172 g/mol. The molecular weight excluding hydrogens is 155 g/mol. The summed E-state index contributed by atoms with van der Waals surface area (Å²) < 4.78 is 12.8. The van der Waals surface area contributed by atoms with Gasteiger partial charge in [-0.3, -0.25) is 4.79 Å². The first-order valence-electron chi connectivity index (χ1n) is 4.58. The molecule has 0 aromatic carbocycles. The number of carbonyl (C=O) groups excluding carboxylic acids is 1. The topological polar surface area (TPSA) is 17.1 Å². The van der Waals surface area contributed by atoms with Gasteiger partial charge in [0.2, 0.25) is 0 Å². The highest BCUT2D eigenvalue weighted by Gasteiger charge is 2.34. The maximum atomic E-state index is 12.8. The lowest BCUT2D eigenvalue weighted by molar-refractivity contribution is -0.128. The molecular formula is C10H17FO. The third-order valence-corrected chi connectivity index (χ3v) is 2.79. The Hall–Kier alpha value is -0.400. The fraction of sp³-hybridized carbons (Fsp3) is 0.900. The smallest absolute Gasteiger partial charge is 0.167 e. The molecule has 0 radical (unpaired) electrons. The van der Waals surface area contributed by atoms with Crippen LogP contribution in [0.4, 0.5) is 4.39 Å². The molecule has 0 heterocycles. The molecule has 0 aromatic rings. The van der Waals surface area contributed by atoms with Gasteiger partial charge < -0.3 is 0 Å². The van der Waals surface area contributed by atoms with Crippen molar-refractivity contribution >= 4 is 5.78 Å². The molecule has 1 saturated carbocycles. The van der Waals surface area contributed by atoms with Crippen LogP contribution in [-0.4, -0.2) is 12.0 Å². The van der Waals surface area contributed by atoms with Gasteiger partial charge in [0, 0.05) is 6.42 Å². The number of halogens is 1. The summed E-state index contributed by atoms with van der Waals surface area (Å²) in [5.41, 5.74) is 0.149. The van der Waals surface area contributed by atoms with E-state index in [0.29, 0.717) is 18.8 Å². The van der Waals surface area contributed by atoms with Crippen molar-refractivity contribution in [1.29, 1.82) is 0 Å². The third-order valence-electron chi connectivity index (χ3n) is 2.79. The van der Waals surface area contributed by atoms with Crippen LogP contribution < -0.4 is 0 Å². The van der Waals surface area contributed by atoms with Crippen molar-refractivity contribution in [2.24, 2.45) is 11.3 Å². The Morgan fingerprint density at radius 2 is 1.92 bits per heavy atom. The first kappa shape index (κ1) is 9.69. The molecule has 0 spiro atoms. The minimum Gasteiger partial charge on any atom is -0.296 e. The van der Waals surface area contributed by atoms with Crippen LogP contribution in [0, 0.1) is 11.3 Å². The van der Waals surface area contributed by atoms with Crippen LogP contribution in [0.25, 0.3) is 0 Å². The first-order valence-corrected chi connectivity index (χ1v) is 4.58. The molecule has 0 saturated heterocycles. The molecule has 1 nitrogen and oxygen atoms in total. The standard InChI is InChI=1S/C10H17FO/c1-10(2,3)7-4-5-8(11)9(12)6-7/h7-8H,4-6H2,1-3H3. The number of hydrogen-bond acceptors (Lipinski definition) is 1. The average Bonchev–Trinajstić information content (AvgIpc) is 1.92. The predicted molar refractivity (Wildman–Crippen MR) is 46.7 cm³/mol. The van der Waals surface area contributed by atoms with Crippen molar-refractivity contribution in [2.45, 2.75) is 46.2 Å². The molecule has 1 aliphatic rings. The molecule has 1 rings (SSSR count). The quantitative estimate of drug-likeness (QED) is 0.549. The zero-order valence-electron chi connectivity index (χ0n) is 8.06. The summed E-state index contributed by atoms with van der Waals surface area (Å²) in [4.78, 5) is 11.1. The molecule has 2 unspecified atom stereocenters. The SMILES string of the molecule is CC(C)(C)C1CCC(F)C(=O)C1. The third kappa shape index (κ3) is 2.05. The minimum absolute atomic E-state index is 0.149. The van der Waals surface area contributed by atoms with Gasteiger partial charge in [0.1, 0.15) is 0 Å². The van der Waals surface area contributed by atoms with E-state index in [2.05, 4.69) is 20.8 Å². The maximum absolute atomic E-state index is 12.8. The lowest BCUT2D eigenvalue weighted by Crippen LogP contribution is -2.32. The van der Waals surface area contributed by atoms with Gasteiger partial charge in [0.25, 0.3) is 0 Å². The van der Waals surface area contributed by atoms with Crippen LogP contribution in [0.5, 0.6) is 0 Å². The highest BCUT2D eigenvalue weighted by atomic mass is 19.1. The summed E-state index contributed by atoms with van der Waals surface area (Å²) in [5.74, 6) is 0.179. The summed E-state index contributed by atoms with van der Waals surface area (Å²) in [6, 6.07) is 0. The second-order valence-electron chi connectivity index (χ2n) is 4.78. The molecule has 70 valence electrons. The van der Waals surface area contributed by atoms with E-state index < -0.39 is 6.17 Å². The van der Waals surface area contributed by atoms with Gasteiger partial charge in [-0.25, -0.2) is 4.39 Å². The summed E-state index contributed by atoms with van der Waals surface area (Å²) in [5, 5.41) is 0. The molecule has 0 bridgehead atoms. The van der Waals surface area contributed by atoms with Crippen molar-refractivity contribution in [3.05, 3.63) is 0 Å². The van der Waals surface area contributed by atoms with E-state index in [1.807, 2.05) is 0 Å². The van der Waals surface area contributed by atoms with Gasteiger partial charge in [-0.15, -0.1) is 0 Å². The Labute approximate surface area is 73.3 Å². The number of carbonyl (C=O) groups is 1. The van der Waals surface area contributed by atoms with Crippen LogP contribution in [-0.2, 0) is 4.79 Å². The zero-order chi connectivity index (χ0) is 9.35. The molecule has 12 heavy (non-hydrogen) atoms. The van der Waals surface area contributed by atoms with Crippen LogP contribution in [0.15, 0.2) is 0 Å². The van der Waals surface area contributed by atoms with Gasteiger partial charge >= 0.3 is 0 Å². The normalized spacial score (nSPS) is 32.2. The van der Waals surface area contributed by atoms with Crippen LogP contribution >= 0.6 is 0 Å². The van der Waals surface area contributed by atoms with Gasteiger partial charge in [0.05, 0.1) is 0 Å². The highest BCUT2D eigenvalue weighted by Crippen LogP contribution is 2.36. The molecule has 0 aliphatic heterocycles. The van der Waals surface area contributed by atoms with Crippen LogP contribution in [0.2, 0.25) is 0 Å². The van der Waals surface area contributed by atoms with Crippen molar-refractivity contribution in [3.63, 3.8) is 0 Å². The van der Waals surface area contributed by atoms with Gasteiger partial charge in [-0.1, -0.05) is 20.8 Å². The van der Waals surface area contributed by atoms with Gasteiger partial charge in [-0.05, 0) is 24.2 Å². The summed E-state index contributed by atoms with van der Waals surface area (Å²) >= 11 is 0. The highest BCUT2D eigenvalue weighted by molar-refractivity contribution is 5.83. The maximum Gasteiger partial charge on any atom is 0.167 e. The average molecular weight is 172 g/mol. The molecule has 0 amide bonds. The summed E-state index contributed by atoms with van der Waals surface area (Å²) in [6.07, 6.45) is 0.547. The number of rotatable bonds is 0. The number of Topliss-reactive ketones (excluding diaryl/α,β-unsaturated/α-hetero) is 1. The van der Waals surface area contributed by atoms with E-state index in [1.54, 1.807) is 0 Å². The lowest BCUT2D eigenvalue weighted by atomic mass is 9.72. The van der Waals surface area contributed by atoms with E-state index in [9.17, 15) is 9.18 Å². The van der Waals surface area contributed by atoms with Gasteiger partial charge in [-0.2, -0.15) is 0 Å². The Balaban J connectivity index is 2.57. The summed E-state index contributed by atoms with van der Waals surface area (Å²) in [7, 11) is 0. The van der Waals surface area contributed by atoms with Crippen molar-refractivity contribution in [1.82, 2.24) is 0 Å². The second-order valence-corrected chi connectivity index (χ2v) is 4.78. The number of ketones is 1. The molecule has 2 heteroatoms. The van der Waals surface area contributed by atoms with Crippen LogP contribution in [0.1, 0.15) is 40.0 Å². The molecule has 0 N–H and O–H groups in total. The Bertz CT molecular complexity index is 181. The molecule has 1 fully saturated rings. The van der Waals surface area contributed by atoms with E-state index >= 15 is 0 Å². The first-order chi connectivity index (χ1) is 5.41. The van der Waals surface area contributed by atoms with E-state index in [-0.39, 0.29) is 11.2 Å². The van der Waals surface area contributed by atoms with Crippen molar-refractivity contribution in [3.8, 4) is 0 Å². The van der Waals surface area contributed by atoms with E-state index in [0.717, 1.165) is 6.42 Å².